The Morgan fingerprint density at radius 1 is 1.15 bits per heavy atom. The standard InChI is InChI=1S/C22H23F3N4O4/c23-22(24,25)21-27-18(28-33-21)12-7-8-13-11-29(20(31)14(13)10-12)16-5-2-1-4-15(16)26-19(30)17-6-3-9-32-17/h7-8,10,15-17H,1-6,9,11H2,(H,26,30)/t15-,16-,17?/m1/s1. The Bertz CT molecular complexity index is 1060. The minimum atomic E-state index is -4.74. The van der Waals surface area contributed by atoms with Crippen molar-refractivity contribution in [2.45, 2.75) is 69.4 Å². The van der Waals surface area contributed by atoms with Crippen molar-refractivity contribution in [3.8, 4) is 11.4 Å². The molecule has 11 heteroatoms. The minimum Gasteiger partial charge on any atom is -0.368 e. The van der Waals surface area contributed by atoms with E-state index >= 15 is 0 Å². The summed E-state index contributed by atoms with van der Waals surface area (Å²) >= 11 is 0. The SMILES string of the molecule is O=C(N[C@@H]1CCCC[C@H]1N1Cc2ccc(-c3noc(C(F)(F)F)n3)cc2C1=O)C1CCCO1. The molecule has 1 unspecified atom stereocenters. The van der Waals surface area contributed by atoms with Crippen LogP contribution in [0.4, 0.5) is 13.2 Å². The Hall–Kier alpha value is -2.95. The Labute approximate surface area is 187 Å². The number of alkyl halides is 3. The van der Waals surface area contributed by atoms with Crippen LogP contribution in [0.25, 0.3) is 11.4 Å². The number of hydrogen-bond acceptors (Lipinski definition) is 6. The topological polar surface area (TPSA) is 97.6 Å². The molecule has 1 N–H and O–H groups in total. The predicted octanol–water partition coefficient (Wildman–Crippen LogP) is 3.32. The zero-order chi connectivity index (χ0) is 23.2. The summed E-state index contributed by atoms with van der Waals surface area (Å²) in [5.41, 5.74) is 1.45. The quantitative estimate of drug-likeness (QED) is 0.746. The molecule has 0 radical (unpaired) electrons. The smallest absolute Gasteiger partial charge is 0.368 e. The zero-order valence-corrected chi connectivity index (χ0v) is 17.7. The van der Waals surface area contributed by atoms with Gasteiger partial charge in [0.2, 0.25) is 11.7 Å². The number of carbonyl (C=O) groups excluding carboxylic acids is 2. The second-order valence-corrected chi connectivity index (χ2v) is 8.69. The summed E-state index contributed by atoms with van der Waals surface area (Å²) in [6, 6.07) is 4.47. The fraction of sp³-hybridized carbons (Fsp3) is 0.545. The first-order chi connectivity index (χ1) is 15.8. The van der Waals surface area contributed by atoms with E-state index in [0.29, 0.717) is 25.1 Å². The van der Waals surface area contributed by atoms with Crippen LogP contribution in [0, 0.1) is 0 Å². The molecule has 2 aliphatic heterocycles. The zero-order valence-electron chi connectivity index (χ0n) is 17.7. The minimum absolute atomic E-state index is 0.131. The molecule has 3 atom stereocenters. The van der Waals surface area contributed by atoms with E-state index in [4.69, 9.17) is 4.74 Å². The normalized spacial score (nSPS) is 25.4. The van der Waals surface area contributed by atoms with Crippen LogP contribution in [0.15, 0.2) is 22.7 Å². The number of benzene rings is 1. The lowest BCUT2D eigenvalue weighted by Crippen LogP contribution is -2.55. The predicted molar refractivity (Wildman–Crippen MR) is 108 cm³/mol. The third-order valence-electron chi connectivity index (χ3n) is 6.55. The molecule has 1 saturated heterocycles. The van der Waals surface area contributed by atoms with Gasteiger partial charge in [0.1, 0.15) is 6.10 Å². The van der Waals surface area contributed by atoms with Crippen molar-refractivity contribution in [2.75, 3.05) is 6.61 Å². The molecule has 5 rings (SSSR count). The number of halogens is 3. The second-order valence-electron chi connectivity index (χ2n) is 8.69. The third kappa shape index (κ3) is 4.21. The van der Waals surface area contributed by atoms with Gasteiger partial charge in [-0.3, -0.25) is 9.59 Å². The summed E-state index contributed by atoms with van der Waals surface area (Å²) < 4.78 is 48.2. The second kappa shape index (κ2) is 8.44. The average Bonchev–Trinajstić information content (AvgIpc) is 3.54. The number of amides is 2. The molecule has 2 amide bonds. The molecule has 8 nitrogen and oxygen atoms in total. The molecule has 0 bridgehead atoms. The number of nitrogens with one attached hydrogen (secondary N) is 1. The highest BCUT2D eigenvalue weighted by molar-refractivity contribution is 5.99. The van der Waals surface area contributed by atoms with Crippen molar-refractivity contribution >= 4 is 11.8 Å². The molecule has 2 aromatic rings. The van der Waals surface area contributed by atoms with E-state index in [1.165, 1.54) is 6.07 Å². The monoisotopic (exact) mass is 464 g/mol. The molecule has 33 heavy (non-hydrogen) atoms. The summed E-state index contributed by atoms with van der Waals surface area (Å²) in [5.74, 6) is -2.00. The van der Waals surface area contributed by atoms with E-state index in [1.54, 1.807) is 17.0 Å². The number of carbonyl (C=O) groups is 2. The maximum Gasteiger partial charge on any atom is 0.471 e. The molecule has 0 spiro atoms. The largest absolute Gasteiger partial charge is 0.471 e. The van der Waals surface area contributed by atoms with Gasteiger partial charge in [0.15, 0.2) is 0 Å². The molecule has 1 saturated carbocycles. The Morgan fingerprint density at radius 3 is 2.70 bits per heavy atom. The highest BCUT2D eigenvalue weighted by Crippen LogP contribution is 2.34. The number of hydrogen-bond donors (Lipinski definition) is 1. The summed E-state index contributed by atoms with van der Waals surface area (Å²) in [5, 5.41) is 6.50. The van der Waals surface area contributed by atoms with Crippen molar-refractivity contribution in [1.82, 2.24) is 20.4 Å². The lowest BCUT2D eigenvalue weighted by molar-refractivity contribution is -0.159. The van der Waals surface area contributed by atoms with Gasteiger partial charge in [-0.15, -0.1) is 0 Å². The van der Waals surface area contributed by atoms with E-state index < -0.39 is 18.2 Å². The number of nitrogens with zero attached hydrogens (tertiary/aromatic N) is 3. The lowest BCUT2D eigenvalue weighted by atomic mass is 9.89. The van der Waals surface area contributed by atoms with E-state index in [0.717, 1.165) is 37.7 Å². The van der Waals surface area contributed by atoms with Gasteiger partial charge >= 0.3 is 12.1 Å². The highest BCUT2D eigenvalue weighted by atomic mass is 19.4. The molecule has 176 valence electrons. The Kier molecular flexibility index (Phi) is 5.59. The summed E-state index contributed by atoms with van der Waals surface area (Å²) in [4.78, 5) is 31.0. The summed E-state index contributed by atoms with van der Waals surface area (Å²) in [6.07, 6.45) is -0.153. The molecular weight excluding hydrogens is 441 g/mol. The first-order valence-corrected chi connectivity index (χ1v) is 11.1. The van der Waals surface area contributed by atoms with Gasteiger partial charge in [-0.05, 0) is 37.3 Å². The average molecular weight is 464 g/mol. The van der Waals surface area contributed by atoms with E-state index in [9.17, 15) is 22.8 Å². The number of rotatable bonds is 4. The van der Waals surface area contributed by atoms with E-state index in [1.807, 2.05) is 0 Å². The molecule has 1 aromatic carbocycles. The first kappa shape index (κ1) is 21.9. The Balaban J connectivity index is 1.34. The lowest BCUT2D eigenvalue weighted by Gasteiger charge is -2.38. The fourth-order valence-corrected chi connectivity index (χ4v) is 4.90. The van der Waals surface area contributed by atoms with Gasteiger partial charge in [-0.2, -0.15) is 18.2 Å². The summed E-state index contributed by atoms with van der Waals surface area (Å²) in [7, 11) is 0. The van der Waals surface area contributed by atoms with Crippen LogP contribution in [0.2, 0.25) is 0 Å². The van der Waals surface area contributed by atoms with E-state index in [2.05, 4.69) is 20.0 Å². The van der Waals surface area contributed by atoms with Gasteiger partial charge in [-0.1, -0.05) is 30.1 Å². The van der Waals surface area contributed by atoms with E-state index in [-0.39, 0.29) is 35.3 Å². The Morgan fingerprint density at radius 2 is 1.97 bits per heavy atom. The van der Waals surface area contributed by atoms with Crippen LogP contribution in [-0.2, 0) is 22.3 Å². The van der Waals surface area contributed by atoms with Crippen molar-refractivity contribution in [2.24, 2.45) is 0 Å². The van der Waals surface area contributed by atoms with Gasteiger partial charge in [-0.25, -0.2) is 0 Å². The molecule has 1 aromatic heterocycles. The molecule has 3 heterocycles. The van der Waals surface area contributed by atoms with Crippen molar-refractivity contribution in [3.63, 3.8) is 0 Å². The van der Waals surface area contributed by atoms with Gasteiger partial charge < -0.3 is 19.5 Å². The van der Waals surface area contributed by atoms with Crippen LogP contribution in [0.5, 0.6) is 0 Å². The maximum absolute atomic E-state index is 13.3. The fourth-order valence-electron chi connectivity index (χ4n) is 4.90. The number of fused-ring (bicyclic) bond motifs is 1. The maximum atomic E-state index is 13.3. The molecule has 1 aliphatic carbocycles. The molecular formula is C22H23F3N4O4. The van der Waals surface area contributed by atoms with Crippen LogP contribution in [0.1, 0.15) is 60.3 Å². The van der Waals surface area contributed by atoms with Crippen molar-refractivity contribution in [3.05, 3.63) is 35.2 Å². The van der Waals surface area contributed by atoms with Gasteiger partial charge in [0.25, 0.3) is 5.91 Å². The summed E-state index contributed by atoms with van der Waals surface area (Å²) in [6.45, 7) is 0.963. The molecule has 2 fully saturated rings. The van der Waals surface area contributed by atoms with Gasteiger partial charge in [0.05, 0.1) is 6.04 Å². The third-order valence-corrected chi connectivity index (χ3v) is 6.55. The van der Waals surface area contributed by atoms with Crippen LogP contribution < -0.4 is 5.32 Å². The molecule has 3 aliphatic rings. The number of ether oxygens (including phenoxy) is 1. The first-order valence-electron chi connectivity index (χ1n) is 11.1. The number of aromatic nitrogens is 2. The van der Waals surface area contributed by atoms with Gasteiger partial charge in [0, 0.05) is 30.3 Å². The van der Waals surface area contributed by atoms with Crippen LogP contribution in [0.3, 0.4) is 0 Å². The van der Waals surface area contributed by atoms with Crippen molar-refractivity contribution < 1.29 is 32.0 Å². The highest BCUT2D eigenvalue weighted by Gasteiger charge is 2.41. The van der Waals surface area contributed by atoms with Crippen LogP contribution >= 0.6 is 0 Å². The van der Waals surface area contributed by atoms with Crippen molar-refractivity contribution in [1.29, 1.82) is 0 Å². The van der Waals surface area contributed by atoms with Crippen LogP contribution in [-0.4, -0.2) is 51.6 Å².